The standard InChI is InChI=1S/C12H17N3O3S/c1-14-12(17)15-11(16)5-6-19-10-4-3-8(13)7-9(10)18-2/h3-4,7H,5-6,13H2,1-2H3,(H2,14,15,16,17). The van der Waals surface area contributed by atoms with Crippen LogP contribution in [0.1, 0.15) is 6.42 Å². The smallest absolute Gasteiger partial charge is 0.321 e. The number of carbonyl (C=O) groups is 2. The summed E-state index contributed by atoms with van der Waals surface area (Å²) in [4.78, 5) is 23.2. The molecule has 0 heterocycles. The summed E-state index contributed by atoms with van der Waals surface area (Å²) in [6, 6.07) is 4.85. The van der Waals surface area contributed by atoms with E-state index in [1.54, 1.807) is 19.2 Å². The number of anilines is 1. The van der Waals surface area contributed by atoms with Crippen LogP contribution in [0.2, 0.25) is 0 Å². The predicted molar refractivity (Wildman–Crippen MR) is 75.3 cm³/mol. The highest BCUT2D eigenvalue weighted by Crippen LogP contribution is 2.31. The van der Waals surface area contributed by atoms with Gasteiger partial charge in [0, 0.05) is 35.9 Å². The van der Waals surface area contributed by atoms with Gasteiger partial charge in [0.2, 0.25) is 5.91 Å². The van der Waals surface area contributed by atoms with Crippen LogP contribution in [0.15, 0.2) is 23.1 Å². The highest BCUT2D eigenvalue weighted by atomic mass is 32.2. The molecule has 0 bridgehead atoms. The minimum Gasteiger partial charge on any atom is -0.496 e. The van der Waals surface area contributed by atoms with Crippen molar-refractivity contribution in [3.63, 3.8) is 0 Å². The summed E-state index contributed by atoms with van der Waals surface area (Å²) in [6.45, 7) is 0. The first-order valence-corrected chi connectivity index (χ1v) is 6.63. The zero-order valence-corrected chi connectivity index (χ0v) is 11.7. The van der Waals surface area contributed by atoms with Crippen molar-refractivity contribution in [1.29, 1.82) is 0 Å². The Morgan fingerprint density at radius 2 is 2.16 bits per heavy atom. The minimum absolute atomic E-state index is 0.242. The van der Waals surface area contributed by atoms with Gasteiger partial charge < -0.3 is 15.8 Å². The molecule has 0 radical (unpaired) electrons. The van der Waals surface area contributed by atoms with Crippen molar-refractivity contribution in [3.05, 3.63) is 18.2 Å². The second-order valence-corrected chi connectivity index (χ2v) is 4.77. The number of imide groups is 1. The molecule has 0 spiro atoms. The van der Waals surface area contributed by atoms with Crippen LogP contribution in [0, 0.1) is 0 Å². The molecule has 1 aromatic rings. The van der Waals surface area contributed by atoms with E-state index in [2.05, 4.69) is 10.6 Å². The van der Waals surface area contributed by atoms with E-state index in [0.29, 0.717) is 17.2 Å². The Morgan fingerprint density at radius 1 is 1.42 bits per heavy atom. The van der Waals surface area contributed by atoms with Crippen LogP contribution in [-0.4, -0.2) is 31.8 Å². The van der Waals surface area contributed by atoms with E-state index in [0.717, 1.165) is 4.90 Å². The van der Waals surface area contributed by atoms with Gasteiger partial charge in [-0.1, -0.05) is 0 Å². The van der Waals surface area contributed by atoms with Crippen molar-refractivity contribution in [2.45, 2.75) is 11.3 Å². The maximum Gasteiger partial charge on any atom is 0.321 e. The maximum atomic E-state index is 11.4. The zero-order valence-electron chi connectivity index (χ0n) is 10.9. The van der Waals surface area contributed by atoms with Gasteiger partial charge in [0.1, 0.15) is 5.75 Å². The molecule has 3 amide bonds. The van der Waals surface area contributed by atoms with E-state index in [9.17, 15) is 9.59 Å². The number of hydrogen-bond acceptors (Lipinski definition) is 5. The fraction of sp³-hybridized carbons (Fsp3) is 0.333. The molecule has 0 saturated heterocycles. The van der Waals surface area contributed by atoms with Crippen molar-refractivity contribution in [3.8, 4) is 5.75 Å². The SMILES string of the molecule is CNC(=O)NC(=O)CCSc1ccc(N)cc1OC. The number of nitrogens with two attached hydrogens (primary N) is 1. The van der Waals surface area contributed by atoms with Crippen LogP contribution < -0.4 is 21.1 Å². The van der Waals surface area contributed by atoms with Gasteiger partial charge in [-0.3, -0.25) is 10.1 Å². The number of carbonyl (C=O) groups excluding carboxylic acids is 2. The fourth-order valence-electron chi connectivity index (χ4n) is 1.31. The lowest BCUT2D eigenvalue weighted by Gasteiger charge is -2.08. The Balaban J connectivity index is 2.45. The van der Waals surface area contributed by atoms with Crippen molar-refractivity contribution in [1.82, 2.24) is 10.6 Å². The van der Waals surface area contributed by atoms with E-state index in [4.69, 9.17) is 10.5 Å². The predicted octanol–water partition coefficient (Wildman–Crippen LogP) is 1.22. The van der Waals surface area contributed by atoms with Gasteiger partial charge >= 0.3 is 6.03 Å². The lowest BCUT2D eigenvalue weighted by molar-refractivity contribution is -0.119. The van der Waals surface area contributed by atoms with Crippen molar-refractivity contribution >= 4 is 29.4 Å². The molecular formula is C12H17N3O3S. The highest BCUT2D eigenvalue weighted by Gasteiger charge is 2.08. The van der Waals surface area contributed by atoms with E-state index in [1.807, 2.05) is 6.07 Å². The first-order chi connectivity index (χ1) is 9.06. The number of nitrogen functional groups attached to an aromatic ring is 1. The molecule has 104 valence electrons. The van der Waals surface area contributed by atoms with Gasteiger partial charge in [0.05, 0.1) is 7.11 Å². The first-order valence-electron chi connectivity index (χ1n) is 5.64. The second kappa shape index (κ2) is 7.52. The topological polar surface area (TPSA) is 93.5 Å². The van der Waals surface area contributed by atoms with Crippen molar-refractivity contribution in [2.75, 3.05) is 25.6 Å². The van der Waals surface area contributed by atoms with E-state index >= 15 is 0 Å². The van der Waals surface area contributed by atoms with Crippen LogP contribution in [0.25, 0.3) is 0 Å². The van der Waals surface area contributed by atoms with Gasteiger partial charge in [-0.2, -0.15) is 0 Å². The third-order valence-corrected chi connectivity index (χ3v) is 3.31. The second-order valence-electron chi connectivity index (χ2n) is 3.64. The van der Waals surface area contributed by atoms with Crippen molar-refractivity contribution in [2.24, 2.45) is 0 Å². The lowest BCUT2D eigenvalue weighted by Crippen LogP contribution is -2.37. The normalized spacial score (nSPS) is 9.79. The molecule has 0 aliphatic heterocycles. The molecule has 0 unspecified atom stereocenters. The number of ether oxygens (including phenoxy) is 1. The Labute approximate surface area is 116 Å². The zero-order chi connectivity index (χ0) is 14.3. The van der Waals surface area contributed by atoms with Gasteiger partial charge in [-0.05, 0) is 12.1 Å². The Bertz CT molecular complexity index is 466. The number of rotatable bonds is 5. The fourth-order valence-corrected chi connectivity index (χ4v) is 2.26. The molecule has 0 saturated carbocycles. The van der Waals surface area contributed by atoms with E-state index in [-0.39, 0.29) is 12.3 Å². The molecule has 1 aromatic carbocycles. The Morgan fingerprint density at radius 3 is 2.79 bits per heavy atom. The number of thioether (sulfide) groups is 1. The first kappa shape index (κ1) is 15.2. The molecule has 1 rings (SSSR count). The average Bonchev–Trinajstić information content (AvgIpc) is 2.40. The molecular weight excluding hydrogens is 266 g/mol. The molecule has 7 heteroatoms. The summed E-state index contributed by atoms with van der Waals surface area (Å²) in [5, 5.41) is 4.52. The van der Waals surface area contributed by atoms with Gasteiger partial charge in [0.25, 0.3) is 0 Å². The monoisotopic (exact) mass is 283 g/mol. The Hall–Kier alpha value is -1.89. The summed E-state index contributed by atoms with van der Waals surface area (Å²) < 4.78 is 5.20. The number of nitrogens with one attached hydrogen (secondary N) is 2. The third-order valence-electron chi connectivity index (χ3n) is 2.25. The summed E-state index contributed by atoms with van der Waals surface area (Å²) >= 11 is 1.47. The highest BCUT2D eigenvalue weighted by molar-refractivity contribution is 7.99. The molecule has 0 fully saturated rings. The van der Waals surface area contributed by atoms with Crippen LogP contribution in [0.4, 0.5) is 10.5 Å². The molecule has 0 aliphatic rings. The average molecular weight is 283 g/mol. The van der Waals surface area contributed by atoms with Crippen molar-refractivity contribution < 1.29 is 14.3 Å². The minimum atomic E-state index is -0.500. The van der Waals surface area contributed by atoms with Crippen LogP contribution in [0.5, 0.6) is 5.75 Å². The van der Waals surface area contributed by atoms with Crippen LogP contribution >= 0.6 is 11.8 Å². The lowest BCUT2D eigenvalue weighted by atomic mass is 10.3. The van der Waals surface area contributed by atoms with Gasteiger partial charge in [-0.15, -0.1) is 11.8 Å². The molecule has 0 aromatic heterocycles. The number of amides is 3. The van der Waals surface area contributed by atoms with Gasteiger partial charge in [0.15, 0.2) is 0 Å². The molecule has 4 N–H and O–H groups in total. The number of benzene rings is 1. The number of hydrogen-bond donors (Lipinski definition) is 3. The quantitative estimate of drug-likeness (QED) is 0.558. The van der Waals surface area contributed by atoms with Crippen LogP contribution in [0.3, 0.4) is 0 Å². The molecule has 6 nitrogen and oxygen atoms in total. The summed E-state index contributed by atoms with van der Waals surface area (Å²) in [7, 11) is 3.02. The summed E-state index contributed by atoms with van der Waals surface area (Å²) in [5.74, 6) is 0.904. The van der Waals surface area contributed by atoms with E-state index in [1.165, 1.54) is 18.8 Å². The largest absolute Gasteiger partial charge is 0.496 e. The summed E-state index contributed by atoms with van der Waals surface area (Å²) in [6.07, 6.45) is 0.242. The number of urea groups is 1. The maximum absolute atomic E-state index is 11.4. The van der Waals surface area contributed by atoms with Crippen LogP contribution in [-0.2, 0) is 4.79 Å². The molecule has 0 atom stereocenters. The number of methoxy groups -OCH3 is 1. The van der Waals surface area contributed by atoms with E-state index < -0.39 is 6.03 Å². The third kappa shape index (κ3) is 5.09. The Kier molecular flexibility index (Phi) is 6.01. The molecule has 19 heavy (non-hydrogen) atoms. The van der Waals surface area contributed by atoms with Gasteiger partial charge in [-0.25, -0.2) is 4.79 Å². The molecule has 0 aliphatic carbocycles. The summed E-state index contributed by atoms with van der Waals surface area (Å²) in [5.41, 5.74) is 6.28.